The van der Waals surface area contributed by atoms with E-state index in [1.54, 1.807) is 6.33 Å². The average Bonchev–Trinajstić information content (AvgIpc) is 2.50. The third kappa shape index (κ3) is 3.96. The fraction of sp³-hybridized carbons (Fsp3) is 0.733. The zero-order valence-corrected chi connectivity index (χ0v) is 15.2. The Morgan fingerprint density at radius 1 is 1.42 bits per heavy atom. The Morgan fingerprint density at radius 3 is 2.75 bits per heavy atom. The van der Waals surface area contributed by atoms with Crippen LogP contribution in [-0.2, 0) is 14.8 Å². The normalized spacial score (nSPS) is 23.1. The number of hydrogen-bond donors (Lipinski definition) is 1. The minimum atomic E-state index is -3.13. The van der Waals surface area contributed by atoms with Crippen LogP contribution in [0.15, 0.2) is 12.4 Å². The van der Waals surface area contributed by atoms with Crippen LogP contribution < -0.4 is 14.5 Å². The maximum absolute atomic E-state index is 11.2. The van der Waals surface area contributed by atoms with Crippen LogP contribution >= 0.6 is 0 Å². The SMILES string of the molecule is CN(C)c1cc(N2CC3(CC[C@@H](CNS(C)(=O)=O)CO3)C2)ncn1. The van der Waals surface area contributed by atoms with Gasteiger partial charge in [0.2, 0.25) is 10.0 Å². The summed E-state index contributed by atoms with van der Waals surface area (Å²) in [5, 5.41) is 0. The van der Waals surface area contributed by atoms with Crippen LogP contribution in [0.2, 0.25) is 0 Å². The monoisotopic (exact) mass is 355 g/mol. The summed E-state index contributed by atoms with van der Waals surface area (Å²) in [7, 11) is 0.782. The molecule has 2 aliphatic rings. The lowest BCUT2D eigenvalue weighted by Crippen LogP contribution is -2.65. The Balaban J connectivity index is 1.51. The van der Waals surface area contributed by atoms with E-state index in [-0.39, 0.29) is 11.5 Å². The zero-order chi connectivity index (χ0) is 17.4. The Morgan fingerprint density at radius 2 is 2.17 bits per heavy atom. The van der Waals surface area contributed by atoms with Crippen LogP contribution in [0.5, 0.6) is 0 Å². The summed E-state index contributed by atoms with van der Waals surface area (Å²) in [6.45, 7) is 2.70. The van der Waals surface area contributed by atoms with Gasteiger partial charge in [-0.3, -0.25) is 0 Å². The highest BCUT2D eigenvalue weighted by Gasteiger charge is 2.47. The van der Waals surface area contributed by atoms with E-state index < -0.39 is 10.0 Å². The molecule has 1 atom stereocenters. The first-order chi connectivity index (χ1) is 11.3. The molecule has 24 heavy (non-hydrogen) atoms. The molecule has 8 nitrogen and oxygen atoms in total. The van der Waals surface area contributed by atoms with Crippen molar-refractivity contribution in [1.82, 2.24) is 14.7 Å². The van der Waals surface area contributed by atoms with E-state index in [0.29, 0.717) is 13.2 Å². The lowest BCUT2D eigenvalue weighted by atomic mass is 9.83. The lowest BCUT2D eigenvalue weighted by molar-refractivity contribution is -0.114. The van der Waals surface area contributed by atoms with Crippen molar-refractivity contribution in [2.24, 2.45) is 5.92 Å². The van der Waals surface area contributed by atoms with Crippen molar-refractivity contribution >= 4 is 21.7 Å². The second-order valence-electron chi connectivity index (χ2n) is 7.00. The van der Waals surface area contributed by atoms with Gasteiger partial charge >= 0.3 is 0 Å². The molecule has 1 N–H and O–H groups in total. The molecule has 1 aromatic heterocycles. The molecule has 9 heteroatoms. The van der Waals surface area contributed by atoms with Crippen LogP contribution in [0.25, 0.3) is 0 Å². The number of rotatable bonds is 5. The van der Waals surface area contributed by atoms with Gasteiger partial charge in [0, 0.05) is 26.7 Å². The van der Waals surface area contributed by atoms with Gasteiger partial charge in [-0.25, -0.2) is 23.1 Å². The molecule has 0 aliphatic carbocycles. The molecule has 0 bridgehead atoms. The quantitative estimate of drug-likeness (QED) is 0.800. The standard InChI is InChI=1S/C15H25N5O3S/c1-19(2)13-6-14(17-11-16-13)20-9-15(10-20)5-4-12(8-23-15)7-18-24(3,21)22/h6,11-12,18H,4-5,7-10H2,1-3H3/t12-/m0/s1. The van der Waals surface area contributed by atoms with Crippen molar-refractivity contribution in [2.75, 3.05) is 56.4 Å². The Kier molecular flexibility index (Phi) is 4.67. The van der Waals surface area contributed by atoms with E-state index in [9.17, 15) is 8.42 Å². The maximum atomic E-state index is 11.2. The van der Waals surface area contributed by atoms with E-state index in [1.807, 2.05) is 25.1 Å². The Bertz CT molecular complexity index is 678. The predicted molar refractivity (Wildman–Crippen MR) is 92.8 cm³/mol. The highest BCUT2D eigenvalue weighted by Crippen LogP contribution is 2.38. The van der Waals surface area contributed by atoms with Gasteiger partial charge in [-0.1, -0.05) is 0 Å². The number of sulfonamides is 1. The van der Waals surface area contributed by atoms with Gasteiger partial charge in [-0.05, 0) is 18.8 Å². The number of anilines is 2. The first kappa shape index (κ1) is 17.4. The van der Waals surface area contributed by atoms with E-state index in [2.05, 4.69) is 19.6 Å². The molecule has 1 spiro atoms. The molecule has 0 radical (unpaired) electrons. The minimum absolute atomic E-state index is 0.106. The van der Waals surface area contributed by atoms with E-state index in [1.165, 1.54) is 6.26 Å². The first-order valence-corrected chi connectivity index (χ1v) is 9.98. The zero-order valence-electron chi connectivity index (χ0n) is 14.4. The first-order valence-electron chi connectivity index (χ1n) is 8.09. The molecule has 0 aromatic carbocycles. The van der Waals surface area contributed by atoms with Gasteiger partial charge in [0.15, 0.2) is 0 Å². The van der Waals surface area contributed by atoms with Crippen molar-refractivity contribution in [3.05, 3.63) is 12.4 Å². The molecule has 0 saturated carbocycles. The topological polar surface area (TPSA) is 87.7 Å². The second-order valence-corrected chi connectivity index (χ2v) is 8.84. The van der Waals surface area contributed by atoms with Gasteiger partial charge in [-0.15, -0.1) is 0 Å². The molecule has 2 aliphatic heterocycles. The molecule has 2 saturated heterocycles. The van der Waals surface area contributed by atoms with Crippen molar-refractivity contribution in [3.8, 4) is 0 Å². The van der Waals surface area contributed by atoms with Crippen molar-refractivity contribution in [2.45, 2.75) is 18.4 Å². The smallest absolute Gasteiger partial charge is 0.208 e. The summed E-state index contributed by atoms with van der Waals surface area (Å²) in [5.74, 6) is 2.06. The summed E-state index contributed by atoms with van der Waals surface area (Å²) >= 11 is 0. The van der Waals surface area contributed by atoms with Gasteiger partial charge in [-0.2, -0.15) is 0 Å². The Hall–Kier alpha value is -1.45. The largest absolute Gasteiger partial charge is 0.371 e. The Labute approximate surface area is 143 Å². The van der Waals surface area contributed by atoms with Gasteiger partial charge in [0.25, 0.3) is 0 Å². The molecule has 134 valence electrons. The van der Waals surface area contributed by atoms with Crippen LogP contribution in [0, 0.1) is 5.92 Å². The summed E-state index contributed by atoms with van der Waals surface area (Å²) in [6, 6.07) is 1.98. The highest BCUT2D eigenvalue weighted by molar-refractivity contribution is 7.88. The van der Waals surface area contributed by atoms with Gasteiger partial charge in [0.1, 0.15) is 23.6 Å². The van der Waals surface area contributed by atoms with Crippen molar-refractivity contribution < 1.29 is 13.2 Å². The average molecular weight is 355 g/mol. The molecule has 2 fully saturated rings. The summed E-state index contributed by atoms with van der Waals surface area (Å²) in [4.78, 5) is 12.7. The number of hydrogen-bond acceptors (Lipinski definition) is 7. The van der Waals surface area contributed by atoms with Crippen LogP contribution in [0.1, 0.15) is 12.8 Å². The second kappa shape index (κ2) is 6.45. The van der Waals surface area contributed by atoms with Crippen LogP contribution in [0.4, 0.5) is 11.6 Å². The van der Waals surface area contributed by atoms with E-state index in [4.69, 9.17) is 4.74 Å². The summed E-state index contributed by atoms with van der Waals surface area (Å²) < 4.78 is 31.0. The molecule has 0 amide bonds. The predicted octanol–water partition coefficient (Wildman–Crippen LogP) is 0.0772. The maximum Gasteiger partial charge on any atom is 0.208 e. The number of nitrogens with one attached hydrogen (secondary N) is 1. The van der Waals surface area contributed by atoms with E-state index in [0.717, 1.165) is 37.6 Å². The molecular weight excluding hydrogens is 330 g/mol. The van der Waals surface area contributed by atoms with Crippen LogP contribution in [-0.4, -0.2) is 70.6 Å². The third-order valence-electron chi connectivity index (χ3n) is 4.65. The van der Waals surface area contributed by atoms with Crippen molar-refractivity contribution in [1.29, 1.82) is 0 Å². The summed E-state index contributed by atoms with van der Waals surface area (Å²) in [5.41, 5.74) is -0.106. The fourth-order valence-electron chi connectivity index (χ4n) is 3.16. The molecular formula is C15H25N5O3S. The molecule has 1 aromatic rings. The highest BCUT2D eigenvalue weighted by atomic mass is 32.2. The van der Waals surface area contributed by atoms with E-state index >= 15 is 0 Å². The number of nitrogens with zero attached hydrogens (tertiary/aromatic N) is 4. The number of ether oxygens (including phenoxy) is 1. The van der Waals surface area contributed by atoms with Crippen molar-refractivity contribution in [3.63, 3.8) is 0 Å². The fourth-order valence-corrected chi connectivity index (χ4v) is 3.70. The van der Waals surface area contributed by atoms with Crippen LogP contribution in [0.3, 0.4) is 0 Å². The van der Waals surface area contributed by atoms with Gasteiger partial charge in [0.05, 0.1) is 26.0 Å². The molecule has 0 unspecified atom stereocenters. The van der Waals surface area contributed by atoms with Gasteiger partial charge < -0.3 is 14.5 Å². The lowest BCUT2D eigenvalue weighted by Gasteiger charge is -2.53. The molecule has 3 heterocycles. The summed E-state index contributed by atoms with van der Waals surface area (Å²) in [6.07, 6.45) is 4.70. The third-order valence-corrected chi connectivity index (χ3v) is 5.34. The molecule has 3 rings (SSSR count). The number of aromatic nitrogens is 2. The minimum Gasteiger partial charge on any atom is -0.371 e.